The maximum atomic E-state index is 13.1. The lowest BCUT2D eigenvalue weighted by atomic mass is 9.98. The summed E-state index contributed by atoms with van der Waals surface area (Å²) in [6, 6.07) is 7.91. The van der Waals surface area contributed by atoms with Crippen LogP contribution in [-0.4, -0.2) is 33.8 Å². The number of hydrogen-bond acceptors (Lipinski definition) is 5. The SMILES string of the molecule is O=C(NCCC(O)(c1ncco1)C(F)(F)F)[C@@H](O)c1ccccc1. The van der Waals surface area contributed by atoms with Crippen molar-refractivity contribution in [3.8, 4) is 0 Å². The highest BCUT2D eigenvalue weighted by molar-refractivity contribution is 5.81. The average Bonchev–Trinajstić information content (AvgIpc) is 3.08. The first-order valence-corrected chi connectivity index (χ1v) is 6.95. The minimum absolute atomic E-state index is 0.300. The highest BCUT2D eigenvalue weighted by atomic mass is 19.4. The molecule has 2 aromatic rings. The zero-order chi connectivity index (χ0) is 17.8. The number of benzene rings is 1. The van der Waals surface area contributed by atoms with Gasteiger partial charge in [-0.15, -0.1) is 0 Å². The van der Waals surface area contributed by atoms with Crippen molar-refractivity contribution in [3.05, 3.63) is 54.2 Å². The van der Waals surface area contributed by atoms with E-state index < -0.39 is 42.6 Å². The molecular formula is C15H15F3N2O4. The quantitative estimate of drug-likeness (QED) is 0.741. The van der Waals surface area contributed by atoms with Crippen LogP contribution in [0.3, 0.4) is 0 Å². The summed E-state index contributed by atoms with van der Waals surface area (Å²) in [6.07, 6.45) is -5.59. The average molecular weight is 344 g/mol. The normalized spacial score (nSPS) is 15.5. The molecular weight excluding hydrogens is 329 g/mol. The molecule has 24 heavy (non-hydrogen) atoms. The Balaban J connectivity index is 2.00. The number of aromatic nitrogens is 1. The summed E-state index contributed by atoms with van der Waals surface area (Å²) in [7, 11) is 0. The summed E-state index contributed by atoms with van der Waals surface area (Å²) >= 11 is 0. The van der Waals surface area contributed by atoms with E-state index in [1.165, 1.54) is 12.1 Å². The third-order valence-electron chi connectivity index (χ3n) is 3.40. The molecule has 0 aliphatic heterocycles. The van der Waals surface area contributed by atoms with Crippen molar-refractivity contribution < 1.29 is 32.6 Å². The minimum atomic E-state index is -5.04. The van der Waals surface area contributed by atoms with Gasteiger partial charge in [0.1, 0.15) is 6.26 Å². The molecule has 0 spiro atoms. The summed E-state index contributed by atoms with van der Waals surface area (Å²) in [5, 5.41) is 21.9. The summed E-state index contributed by atoms with van der Waals surface area (Å²) in [4.78, 5) is 15.1. The van der Waals surface area contributed by atoms with Crippen LogP contribution in [0.25, 0.3) is 0 Å². The van der Waals surface area contributed by atoms with Gasteiger partial charge in [0.05, 0.1) is 6.20 Å². The van der Waals surface area contributed by atoms with Gasteiger partial charge in [-0.1, -0.05) is 30.3 Å². The van der Waals surface area contributed by atoms with Gasteiger partial charge < -0.3 is 19.9 Å². The molecule has 3 N–H and O–H groups in total. The number of aliphatic hydroxyl groups is 2. The van der Waals surface area contributed by atoms with Gasteiger partial charge in [-0.25, -0.2) is 4.98 Å². The predicted octanol–water partition coefficient (Wildman–Crippen LogP) is 1.66. The molecule has 1 aromatic carbocycles. The van der Waals surface area contributed by atoms with E-state index in [9.17, 15) is 28.2 Å². The zero-order valence-electron chi connectivity index (χ0n) is 12.3. The molecule has 130 valence electrons. The lowest BCUT2D eigenvalue weighted by Crippen LogP contribution is -2.45. The topological polar surface area (TPSA) is 95.6 Å². The van der Waals surface area contributed by atoms with Crippen LogP contribution in [0.5, 0.6) is 0 Å². The van der Waals surface area contributed by atoms with Gasteiger partial charge in [0.25, 0.3) is 5.91 Å². The molecule has 2 atom stereocenters. The Labute approximate surface area is 134 Å². The molecule has 1 unspecified atom stereocenters. The largest absolute Gasteiger partial charge is 0.446 e. The van der Waals surface area contributed by atoms with E-state index in [0.29, 0.717) is 5.56 Å². The Morgan fingerprint density at radius 1 is 1.29 bits per heavy atom. The number of hydrogen-bond donors (Lipinski definition) is 3. The third kappa shape index (κ3) is 3.74. The number of halogens is 3. The summed E-state index contributed by atoms with van der Waals surface area (Å²) < 4.78 is 43.9. The van der Waals surface area contributed by atoms with Crippen LogP contribution in [0.1, 0.15) is 24.0 Å². The van der Waals surface area contributed by atoms with Gasteiger partial charge in [0.15, 0.2) is 6.10 Å². The maximum absolute atomic E-state index is 13.1. The molecule has 0 aliphatic rings. The van der Waals surface area contributed by atoms with Crippen LogP contribution >= 0.6 is 0 Å². The van der Waals surface area contributed by atoms with Crippen molar-refractivity contribution in [1.29, 1.82) is 0 Å². The van der Waals surface area contributed by atoms with E-state index >= 15 is 0 Å². The van der Waals surface area contributed by atoms with Crippen LogP contribution in [0.2, 0.25) is 0 Å². The lowest BCUT2D eigenvalue weighted by molar-refractivity contribution is -0.276. The molecule has 0 fully saturated rings. The van der Waals surface area contributed by atoms with Gasteiger partial charge in [0.2, 0.25) is 11.5 Å². The number of alkyl halides is 3. The fourth-order valence-corrected chi connectivity index (χ4v) is 2.05. The molecule has 0 aliphatic carbocycles. The maximum Gasteiger partial charge on any atom is 0.426 e. The van der Waals surface area contributed by atoms with Crippen LogP contribution in [-0.2, 0) is 10.4 Å². The van der Waals surface area contributed by atoms with Crippen LogP contribution in [0.15, 0.2) is 47.2 Å². The zero-order valence-corrected chi connectivity index (χ0v) is 12.3. The van der Waals surface area contributed by atoms with E-state index in [0.717, 1.165) is 12.5 Å². The molecule has 0 radical (unpaired) electrons. The number of oxazole rings is 1. The molecule has 0 saturated heterocycles. The van der Waals surface area contributed by atoms with Crippen molar-refractivity contribution >= 4 is 5.91 Å². The number of rotatable bonds is 6. The number of aliphatic hydroxyl groups excluding tert-OH is 1. The molecule has 6 nitrogen and oxygen atoms in total. The first-order valence-electron chi connectivity index (χ1n) is 6.95. The first-order chi connectivity index (χ1) is 11.3. The number of carbonyl (C=O) groups is 1. The number of nitrogens with one attached hydrogen (secondary N) is 1. The summed E-state index contributed by atoms with van der Waals surface area (Å²) in [6.45, 7) is -0.541. The monoisotopic (exact) mass is 344 g/mol. The molecule has 1 aromatic heterocycles. The van der Waals surface area contributed by atoms with Gasteiger partial charge in [-0.2, -0.15) is 13.2 Å². The van der Waals surface area contributed by atoms with Crippen molar-refractivity contribution in [1.82, 2.24) is 10.3 Å². The van der Waals surface area contributed by atoms with Crippen LogP contribution in [0.4, 0.5) is 13.2 Å². The van der Waals surface area contributed by atoms with E-state index in [-0.39, 0.29) is 0 Å². The Kier molecular flexibility index (Phi) is 5.25. The Bertz CT molecular complexity index is 661. The molecule has 1 heterocycles. The highest BCUT2D eigenvalue weighted by Gasteiger charge is 2.58. The number of carbonyl (C=O) groups excluding carboxylic acids is 1. The lowest BCUT2D eigenvalue weighted by Gasteiger charge is -2.27. The summed E-state index contributed by atoms with van der Waals surface area (Å²) in [5.74, 6) is -1.79. The number of amides is 1. The van der Waals surface area contributed by atoms with Crippen molar-refractivity contribution in [2.75, 3.05) is 6.54 Å². The van der Waals surface area contributed by atoms with Gasteiger partial charge in [-0.05, 0) is 5.56 Å². The molecule has 1 amide bonds. The molecule has 0 bridgehead atoms. The smallest absolute Gasteiger partial charge is 0.426 e. The third-order valence-corrected chi connectivity index (χ3v) is 3.40. The highest BCUT2D eigenvalue weighted by Crippen LogP contribution is 2.40. The van der Waals surface area contributed by atoms with Gasteiger partial charge >= 0.3 is 6.18 Å². The Hall–Kier alpha value is -2.39. The van der Waals surface area contributed by atoms with Crippen molar-refractivity contribution in [2.24, 2.45) is 0 Å². The predicted molar refractivity (Wildman–Crippen MR) is 75.5 cm³/mol. The van der Waals surface area contributed by atoms with E-state index in [4.69, 9.17) is 0 Å². The van der Waals surface area contributed by atoms with Gasteiger partial charge in [-0.3, -0.25) is 4.79 Å². The van der Waals surface area contributed by atoms with Crippen molar-refractivity contribution in [2.45, 2.75) is 24.3 Å². The first kappa shape index (κ1) is 18.0. The molecule has 9 heteroatoms. The standard InChI is InChI=1S/C15H15F3N2O4/c16-15(17,18)14(23,13-20-8-9-24-13)6-7-19-12(22)11(21)10-4-2-1-3-5-10/h1-5,8-9,11,21,23H,6-7H2,(H,19,22)/t11-,14?/m0/s1. The molecule has 2 rings (SSSR count). The number of nitrogens with zero attached hydrogens (tertiary/aromatic N) is 1. The van der Waals surface area contributed by atoms with E-state index in [1.807, 2.05) is 0 Å². The fraction of sp³-hybridized carbons (Fsp3) is 0.333. The minimum Gasteiger partial charge on any atom is -0.446 e. The Morgan fingerprint density at radius 3 is 2.50 bits per heavy atom. The Morgan fingerprint density at radius 2 is 1.96 bits per heavy atom. The summed E-state index contributed by atoms with van der Waals surface area (Å²) in [5.41, 5.74) is -3.03. The molecule has 0 saturated carbocycles. The van der Waals surface area contributed by atoms with Crippen molar-refractivity contribution in [3.63, 3.8) is 0 Å². The van der Waals surface area contributed by atoms with Gasteiger partial charge in [0, 0.05) is 13.0 Å². The second kappa shape index (κ2) is 7.02. The second-order valence-electron chi connectivity index (χ2n) is 5.05. The fourth-order valence-electron chi connectivity index (χ4n) is 2.05. The van der Waals surface area contributed by atoms with E-state index in [1.54, 1.807) is 18.2 Å². The van der Waals surface area contributed by atoms with Crippen LogP contribution < -0.4 is 5.32 Å². The van der Waals surface area contributed by atoms with Crippen LogP contribution in [0, 0.1) is 0 Å². The second-order valence-corrected chi connectivity index (χ2v) is 5.05. The van der Waals surface area contributed by atoms with E-state index in [2.05, 4.69) is 14.7 Å².